The molecule has 2 aromatic heterocycles. The highest BCUT2D eigenvalue weighted by Gasteiger charge is 2.47. The summed E-state index contributed by atoms with van der Waals surface area (Å²) in [5.41, 5.74) is 5.86. The number of rotatable bonds is 14. The molecule has 0 bridgehead atoms. The Morgan fingerprint density at radius 3 is 2.37 bits per heavy atom. The number of hydrogen-bond donors (Lipinski definition) is 2. The number of halogens is 1. The summed E-state index contributed by atoms with van der Waals surface area (Å²) in [6.07, 6.45) is 3.78. The SMILES string of the molecule is Cc1sc2c(c1C)C(c1ccc(Cl)cc1)=N[C@@H](CC(=O)NCCCCCCNc1ccc3c(c1)C(=O)N(C1CCC(=O)N(Cc4ccccc4)C1=O)C3=O)c1nnc(C)n1-2. The number of imide groups is 2. The second-order valence-corrected chi connectivity index (χ2v) is 17.0. The highest BCUT2D eigenvalue weighted by Crippen LogP contribution is 2.40. The number of amides is 5. The summed E-state index contributed by atoms with van der Waals surface area (Å²) >= 11 is 7.91. The molecule has 0 radical (unpaired) electrons. The molecule has 2 N–H and O–H groups in total. The second-order valence-electron chi connectivity index (χ2n) is 15.4. The maximum atomic E-state index is 13.6. The van der Waals surface area contributed by atoms with Crippen LogP contribution in [0.3, 0.4) is 0 Å². The molecule has 3 aliphatic rings. The Hall–Kier alpha value is -5.99. The molecule has 3 aliphatic heterocycles. The maximum Gasteiger partial charge on any atom is 0.262 e. The van der Waals surface area contributed by atoms with Crippen molar-refractivity contribution in [1.29, 1.82) is 0 Å². The number of hydrogen-bond acceptors (Lipinski definition) is 10. The smallest absolute Gasteiger partial charge is 0.262 e. The molecule has 2 atom stereocenters. The van der Waals surface area contributed by atoms with Gasteiger partial charge in [-0.1, -0.05) is 66.9 Å². The Bertz CT molecular complexity index is 2530. The van der Waals surface area contributed by atoms with Crippen LogP contribution < -0.4 is 10.6 Å². The zero-order chi connectivity index (χ0) is 42.1. The van der Waals surface area contributed by atoms with Crippen LogP contribution in [0.2, 0.25) is 5.02 Å². The highest BCUT2D eigenvalue weighted by atomic mass is 35.5. The molecule has 15 heteroatoms. The largest absolute Gasteiger partial charge is 0.385 e. The van der Waals surface area contributed by atoms with E-state index in [1.54, 1.807) is 29.5 Å². The lowest BCUT2D eigenvalue weighted by molar-refractivity contribution is -0.152. The minimum absolute atomic E-state index is 0.0684. The first-order valence-electron chi connectivity index (χ1n) is 20.3. The lowest BCUT2D eigenvalue weighted by atomic mass is 9.99. The first-order chi connectivity index (χ1) is 29.0. The van der Waals surface area contributed by atoms with E-state index in [2.05, 4.69) is 34.7 Å². The summed E-state index contributed by atoms with van der Waals surface area (Å²) in [7, 11) is 0. The summed E-state index contributed by atoms with van der Waals surface area (Å²) in [5, 5.41) is 16.9. The van der Waals surface area contributed by atoms with E-state index in [9.17, 15) is 24.0 Å². The van der Waals surface area contributed by atoms with Crippen LogP contribution in [-0.4, -0.2) is 78.9 Å². The molecule has 60 heavy (non-hydrogen) atoms. The molecule has 0 aliphatic carbocycles. The standard InChI is InChI=1S/C45H45ClN8O5S/c1-26-27(2)60-45-39(26)40(30-13-15-31(46)16-14-30)49-35(41-51-50-28(3)53(41)45)24-37(55)48-22-10-5-4-9-21-47-32-17-18-33-34(23-32)43(58)54(42(33)57)36-19-20-38(56)52(44(36)59)25-29-11-7-6-8-12-29/h6-8,11-18,23,35-36,47H,4-5,9-10,19-22,24-25H2,1-3H3,(H,48,55)/t35-,36?/m0/s1. The number of piperidine rings is 1. The zero-order valence-electron chi connectivity index (χ0n) is 33.7. The van der Waals surface area contributed by atoms with Crippen molar-refractivity contribution in [3.05, 3.63) is 128 Å². The summed E-state index contributed by atoms with van der Waals surface area (Å²) in [5.74, 6) is -0.636. The number of carbonyl (C=O) groups excluding carboxylic acids is 5. The highest BCUT2D eigenvalue weighted by molar-refractivity contribution is 7.15. The van der Waals surface area contributed by atoms with Gasteiger partial charge in [0.1, 0.15) is 22.9 Å². The third-order valence-electron chi connectivity index (χ3n) is 11.4. The fourth-order valence-electron chi connectivity index (χ4n) is 8.09. The van der Waals surface area contributed by atoms with E-state index < -0.39 is 29.8 Å². The van der Waals surface area contributed by atoms with Gasteiger partial charge in [0.25, 0.3) is 17.7 Å². The van der Waals surface area contributed by atoms with E-state index in [1.165, 1.54) is 4.88 Å². The second kappa shape index (κ2) is 17.3. The van der Waals surface area contributed by atoms with E-state index in [0.29, 0.717) is 29.6 Å². The summed E-state index contributed by atoms with van der Waals surface area (Å²) in [6, 6.07) is 20.2. The molecule has 0 saturated carbocycles. The fraction of sp³-hybridized carbons (Fsp3) is 0.333. The first kappa shape index (κ1) is 40.8. The number of unbranched alkanes of at least 4 members (excludes halogenated alkanes) is 3. The van der Waals surface area contributed by atoms with Crippen molar-refractivity contribution in [2.75, 3.05) is 18.4 Å². The molecule has 8 rings (SSSR count). The number of fused-ring (bicyclic) bond motifs is 4. The van der Waals surface area contributed by atoms with E-state index in [4.69, 9.17) is 16.6 Å². The van der Waals surface area contributed by atoms with Gasteiger partial charge in [-0.05, 0) is 81.5 Å². The number of anilines is 1. The molecular formula is C45H45ClN8O5S. The Balaban J connectivity index is 0.813. The van der Waals surface area contributed by atoms with Crippen LogP contribution in [0.25, 0.3) is 5.00 Å². The number of benzene rings is 3. The van der Waals surface area contributed by atoms with Crippen molar-refractivity contribution in [2.45, 2.75) is 84.3 Å². The van der Waals surface area contributed by atoms with Crippen molar-refractivity contribution in [3.63, 3.8) is 0 Å². The predicted molar refractivity (Wildman–Crippen MR) is 230 cm³/mol. The molecule has 5 heterocycles. The van der Waals surface area contributed by atoms with Gasteiger partial charge in [0, 0.05) is 46.2 Å². The van der Waals surface area contributed by atoms with Gasteiger partial charge in [-0.25, -0.2) is 0 Å². The van der Waals surface area contributed by atoms with Gasteiger partial charge in [0.2, 0.25) is 11.8 Å². The maximum absolute atomic E-state index is 13.6. The third-order valence-corrected chi connectivity index (χ3v) is 12.8. The number of aliphatic imine (C=N–C) groups is 1. The molecule has 1 saturated heterocycles. The van der Waals surface area contributed by atoms with Crippen LogP contribution >= 0.6 is 22.9 Å². The van der Waals surface area contributed by atoms with Gasteiger partial charge in [-0.3, -0.25) is 43.3 Å². The molecule has 0 spiro atoms. The Labute approximate surface area is 356 Å². The van der Waals surface area contributed by atoms with E-state index in [0.717, 1.165) is 74.3 Å². The molecule has 308 valence electrons. The summed E-state index contributed by atoms with van der Waals surface area (Å²) in [6.45, 7) is 7.38. The first-order valence-corrected chi connectivity index (χ1v) is 21.5. The number of nitrogens with one attached hydrogen (secondary N) is 2. The van der Waals surface area contributed by atoms with Gasteiger partial charge in [0.15, 0.2) is 5.82 Å². The molecule has 13 nitrogen and oxygen atoms in total. The van der Waals surface area contributed by atoms with Crippen LogP contribution in [0.1, 0.15) is 110 Å². The average molecular weight is 845 g/mol. The number of nitrogens with zero attached hydrogens (tertiary/aromatic N) is 6. The molecule has 5 aromatic rings. The Morgan fingerprint density at radius 2 is 1.60 bits per heavy atom. The number of likely N-dealkylation sites (tertiary alicyclic amines) is 1. The number of aromatic nitrogens is 3. The van der Waals surface area contributed by atoms with Crippen LogP contribution in [0, 0.1) is 20.8 Å². The number of carbonyl (C=O) groups is 5. The van der Waals surface area contributed by atoms with E-state index in [1.807, 2.05) is 66.1 Å². The summed E-state index contributed by atoms with van der Waals surface area (Å²) < 4.78 is 2.04. The Kier molecular flexibility index (Phi) is 11.8. The minimum atomic E-state index is -1.03. The van der Waals surface area contributed by atoms with Crippen molar-refractivity contribution in [1.82, 2.24) is 29.9 Å². The number of aryl methyl sites for hydroxylation is 2. The Morgan fingerprint density at radius 1 is 0.867 bits per heavy atom. The quantitative estimate of drug-likeness (QED) is 0.0872. The molecule has 1 fully saturated rings. The van der Waals surface area contributed by atoms with Gasteiger partial charge in [0.05, 0.1) is 29.8 Å². The molecule has 1 unspecified atom stereocenters. The minimum Gasteiger partial charge on any atom is -0.385 e. The lowest BCUT2D eigenvalue weighted by Crippen LogP contribution is -2.55. The number of thiophene rings is 1. The van der Waals surface area contributed by atoms with Crippen LogP contribution in [-0.2, 0) is 20.9 Å². The normalized spacial score (nSPS) is 17.3. The van der Waals surface area contributed by atoms with Crippen LogP contribution in [0.5, 0.6) is 0 Å². The van der Waals surface area contributed by atoms with Crippen LogP contribution in [0.4, 0.5) is 5.69 Å². The topological polar surface area (TPSA) is 159 Å². The van der Waals surface area contributed by atoms with Crippen LogP contribution in [0.15, 0.2) is 77.8 Å². The van der Waals surface area contributed by atoms with Crippen molar-refractivity contribution >= 4 is 63.9 Å². The van der Waals surface area contributed by atoms with Crippen molar-refractivity contribution < 1.29 is 24.0 Å². The summed E-state index contributed by atoms with van der Waals surface area (Å²) in [4.78, 5) is 75.1. The molecule has 5 amide bonds. The third kappa shape index (κ3) is 8.01. The zero-order valence-corrected chi connectivity index (χ0v) is 35.2. The van der Waals surface area contributed by atoms with E-state index in [-0.39, 0.29) is 48.7 Å². The van der Waals surface area contributed by atoms with Gasteiger partial charge in [-0.2, -0.15) is 0 Å². The van der Waals surface area contributed by atoms with E-state index >= 15 is 0 Å². The molecular weight excluding hydrogens is 800 g/mol. The predicted octanol–water partition coefficient (Wildman–Crippen LogP) is 7.29. The molecule has 3 aromatic carbocycles. The van der Waals surface area contributed by atoms with Crippen molar-refractivity contribution in [3.8, 4) is 5.00 Å². The average Bonchev–Trinajstić information content (AvgIpc) is 3.81. The van der Waals surface area contributed by atoms with Crippen molar-refractivity contribution in [2.24, 2.45) is 4.99 Å². The fourth-order valence-corrected chi connectivity index (χ4v) is 9.43. The van der Waals surface area contributed by atoms with Gasteiger partial charge < -0.3 is 10.6 Å². The van der Waals surface area contributed by atoms with Gasteiger partial charge in [-0.15, -0.1) is 21.5 Å². The monoisotopic (exact) mass is 844 g/mol. The lowest BCUT2D eigenvalue weighted by Gasteiger charge is -2.34. The van der Waals surface area contributed by atoms with Gasteiger partial charge >= 0.3 is 0 Å².